The molecule has 0 aliphatic heterocycles. The molecule has 0 aliphatic rings. The van der Waals surface area contributed by atoms with Crippen LogP contribution >= 0.6 is 27.5 Å². The molecule has 0 unspecified atom stereocenters. The number of halogens is 3. The van der Waals surface area contributed by atoms with Gasteiger partial charge in [-0.05, 0) is 24.3 Å². The first-order valence-corrected chi connectivity index (χ1v) is 6.16. The van der Waals surface area contributed by atoms with Crippen LogP contribution < -0.4 is 4.74 Å². The van der Waals surface area contributed by atoms with Gasteiger partial charge in [0.25, 0.3) is 0 Å². The zero-order valence-electron chi connectivity index (χ0n) is 9.23. The third-order valence-corrected chi connectivity index (χ3v) is 2.78. The Kier molecular flexibility index (Phi) is 4.01. The fourth-order valence-electron chi connectivity index (χ4n) is 1.36. The number of rotatable bonds is 3. The number of aromatic carboxylic acids is 1. The second kappa shape index (κ2) is 5.54. The molecule has 98 valence electrons. The zero-order valence-corrected chi connectivity index (χ0v) is 11.6. The molecular weight excluding hydrogens is 340 g/mol. The van der Waals surface area contributed by atoms with Crippen LogP contribution in [0.4, 0.5) is 4.39 Å². The van der Waals surface area contributed by atoms with E-state index in [4.69, 9.17) is 21.4 Å². The van der Waals surface area contributed by atoms with Gasteiger partial charge in [0.2, 0.25) is 5.88 Å². The van der Waals surface area contributed by atoms with Crippen LogP contribution in [0.1, 0.15) is 10.4 Å². The van der Waals surface area contributed by atoms with Gasteiger partial charge in [-0.15, -0.1) is 0 Å². The molecule has 2 rings (SSSR count). The van der Waals surface area contributed by atoms with Crippen molar-refractivity contribution < 1.29 is 19.0 Å². The summed E-state index contributed by atoms with van der Waals surface area (Å²) in [6.45, 7) is 0. The number of carbonyl (C=O) groups is 1. The summed E-state index contributed by atoms with van der Waals surface area (Å²) in [5.41, 5.74) is -0.162. The first-order valence-electron chi connectivity index (χ1n) is 4.99. The van der Waals surface area contributed by atoms with Gasteiger partial charge < -0.3 is 9.84 Å². The Bertz CT molecular complexity index is 631. The summed E-state index contributed by atoms with van der Waals surface area (Å²) in [5.74, 6) is -1.82. The molecule has 0 spiro atoms. The van der Waals surface area contributed by atoms with E-state index in [1.165, 1.54) is 24.3 Å². The summed E-state index contributed by atoms with van der Waals surface area (Å²) in [4.78, 5) is 14.8. The van der Waals surface area contributed by atoms with E-state index in [0.717, 1.165) is 6.07 Å². The molecule has 0 bridgehead atoms. The number of carboxylic acids is 1. The molecule has 0 saturated heterocycles. The average Bonchev–Trinajstić information content (AvgIpc) is 2.26. The minimum atomic E-state index is -1.21. The molecule has 0 amide bonds. The molecule has 0 saturated carbocycles. The molecule has 0 radical (unpaired) electrons. The lowest BCUT2D eigenvalue weighted by Gasteiger charge is -2.08. The molecule has 1 heterocycles. The Morgan fingerprint density at radius 3 is 2.74 bits per heavy atom. The molecule has 1 N–H and O–H groups in total. The topological polar surface area (TPSA) is 59.4 Å². The van der Waals surface area contributed by atoms with Gasteiger partial charge in [-0.25, -0.2) is 14.2 Å². The van der Waals surface area contributed by atoms with Crippen molar-refractivity contribution in [3.8, 4) is 11.6 Å². The number of hydrogen-bond donors (Lipinski definition) is 1. The Labute approximate surface area is 120 Å². The molecule has 2 aromatic rings. The van der Waals surface area contributed by atoms with Crippen LogP contribution in [0.25, 0.3) is 0 Å². The van der Waals surface area contributed by atoms with Crippen molar-refractivity contribution in [2.75, 3.05) is 0 Å². The third-order valence-electron chi connectivity index (χ3n) is 2.11. The third kappa shape index (κ3) is 3.42. The van der Waals surface area contributed by atoms with E-state index in [0.29, 0.717) is 4.47 Å². The number of benzene rings is 1. The molecule has 0 atom stereocenters. The van der Waals surface area contributed by atoms with Gasteiger partial charge in [-0.3, -0.25) is 0 Å². The first-order chi connectivity index (χ1) is 8.95. The largest absolute Gasteiger partial charge is 0.477 e. The highest BCUT2D eigenvalue weighted by atomic mass is 79.9. The van der Waals surface area contributed by atoms with Gasteiger partial charge in [-0.1, -0.05) is 27.5 Å². The predicted molar refractivity (Wildman–Crippen MR) is 70.4 cm³/mol. The monoisotopic (exact) mass is 345 g/mol. The Morgan fingerprint density at radius 1 is 1.37 bits per heavy atom. The summed E-state index contributed by atoms with van der Waals surface area (Å²) in [7, 11) is 0. The van der Waals surface area contributed by atoms with Crippen molar-refractivity contribution in [2.45, 2.75) is 0 Å². The van der Waals surface area contributed by atoms with Gasteiger partial charge in [0, 0.05) is 10.5 Å². The van der Waals surface area contributed by atoms with Gasteiger partial charge in [0.15, 0.2) is 0 Å². The summed E-state index contributed by atoms with van der Waals surface area (Å²) in [6, 6.07) is 6.44. The minimum Gasteiger partial charge on any atom is -0.477 e. The van der Waals surface area contributed by atoms with Crippen LogP contribution in [0.2, 0.25) is 5.15 Å². The molecule has 0 aliphatic carbocycles. The second-order valence-corrected chi connectivity index (χ2v) is 4.80. The van der Waals surface area contributed by atoms with E-state index in [2.05, 4.69) is 20.9 Å². The van der Waals surface area contributed by atoms with Crippen LogP contribution in [0, 0.1) is 5.82 Å². The number of carboxylic acid groups (broad SMARTS) is 1. The minimum absolute atomic E-state index is 0.0791. The standard InChI is InChI=1S/C12H6BrClFNO3/c13-6-3-7(15)5-8(4-6)19-11-9(12(17)18)1-2-10(14)16-11/h1-5H,(H,17,18). The molecule has 4 nitrogen and oxygen atoms in total. The smallest absolute Gasteiger partial charge is 0.341 e. The number of ether oxygens (including phenoxy) is 1. The maximum atomic E-state index is 13.2. The van der Waals surface area contributed by atoms with E-state index >= 15 is 0 Å². The lowest BCUT2D eigenvalue weighted by atomic mass is 10.3. The molecule has 0 fully saturated rings. The van der Waals surface area contributed by atoms with Crippen LogP contribution in [-0.2, 0) is 0 Å². The summed E-state index contributed by atoms with van der Waals surface area (Å²) in [6.07, 6.45) is 0. The zero-order chi connectivity index (χ0) is 14.0. The van der Waals surface area contributed by atoms with Crippen LogP contribution in [0.15, 0.2) is 34.8 Å². The highest BCUT2D eigenvalue weighted by Gasteiger charge is 2.15. The summed E-state index contributed by atoms with van der Waals surface area (Å²) >= 11 is 8.79. The fraction of sp³-hybridized carbons (Fsp3) is 0. The van der Waals surface area contributed by atoms with E-state index < -0.39 is 11.8 Å². The van der Waals surface area contributed by atoms with Gasteiger partial charge >= 0.3 is 5.97 Å². The fourth-order valence-corrected chi connectivity index (χ4v) is 1.94. The van der Waals surface area contributed by atoms with E-state index in [1.807, 2.05) is 0 Å². The molecule has 1 aromatic carbocycles. The number of nitrogens with zero attached hydrogens (tertiary/aromatic N) is 1. The van der Waals surface area contributed by atoms with Crippen molar-refractivity contribution in [2.24, 2.45) is 0 Å². The molecule has 19 heavy (non-hydrogen) atoms. The average molecular weight is 347 g/mol. The second-order valence-electron chi connectivity index (χ2n) is 3.50. The van der Waals surface area contributed by atoms with Crippen molar-refractivity contribution in [1.29, 1.82) is 0 Å². The lowest BCUT2D eigenvalue weighted by molar-refractivity contribution is 0.0693. The first kappa shape index (κ1) is 13.8. The normalized spacial score (nSPS) is 10.3. The van der Waals surface area contributed by atoms with Crippen LogP contribution in [-0.4, -0.2) is 16.1 Å². The number of aromatic nitrogens is 1. The van der Waals surface area contributed by atoms with E-state index in [9.17, 15) is 9.18 Å². The lowest BCUT2D eigenvalue weighted by Crippen LogP contribution is -2.02. The molecular formula is C12H6BrClFNO3. The van der Waals surface area contributed by atoms with Crippen molar-refractivity contribution in [3.63, 3.8) is 0 Å². The Hall–Kier alpha value is -1.66. The summed E-state index contributed by atoms with van der Waals surface area (Å²) in [5, 5.41) is 9.08. The van der Waals surface area contributed by atoms with Crippen molar-refractivity contribution >= 4 is 33.5 Å². The molecule has 1 aromatic heterocycles. The maximum Gasteiger partial charge on any atom is 0.341 e. The Morgan fingerprint density at radius 2 is 2.11 bits per heavy atom. The SMILES string of the molecule is O=C(O)c1ccc(Cl)nc1Oc1cc(F)cc(Br)c1. The highest BCUT2D eigenvalue weighted by Crippen LogP contribution is 2.28. The van der Waals surface area contributed by atoms with Crippen molar-refractivity contribution in [3.05, 3.63) is 51.3 Å². The highest BCUT2D eigenvalue weighted by molar-refractivity contribution is 9.10. The molecule has 7 heteroatoms. The van der Waals surface area contributed by atoms with Crippen LogP contribution in [0.3, 0.4) is 0 Å². The number of pyridine rings is 1. The Balaban J connectivity index is 2.42. The van der Waals surface area contributed by atoms with E-state index in [-0.39, 0.29) is 22.3 Å². The van der Waals surface area contributed by atoms with Gasteiger partial charge in [-0.2, -0.15) is 0 Å². The quantitative estimate of drug-likeness (QED) is 0.849. The van der Waals surface area contributed by atoms with Crippen molar-refractivity contribution in [1.82, 2.24) is 4.98 Å². The predicted octanol–water partition coefficient (Wildman–Crippen LogP) is 4.13. The number of hydrogen-bond acceptors (Lipinski definition) is 3. The summed E-state index contributed by atoms with van der Waals surface area (Å²) < 4.78 is 18.9. The maximum absolute atomic E-state index is 13.2. The van der Waals surface area contributed by atoms with Crippen LogP contribution in [0.5, 0.6) is 11.6 Å². The van der Waals surface area contributed by atoms with Gasteiger partial charge in [0.1, 0.15) is 22.3 Å². The van der Waals surface area contributed by atoms with E-state index in [1.54, 1.807) is 0 Å². The van der Waals surface area contributed by atoms with Gasteiger partial charge in [0.05, 0.1) is 0 Å².